The predicted molar refractivity (Wildman–Crippen MR) is 79.8 cm³/mol. The van der Waals surface area contributed by atoms with E-state index in [-0.39, 0.29) is 18.0 Å². The third-order valence-corrected chi connectivity index (χ3v) is 3.96. The zero-order valence-electron chi connectivity index (χ0n) is 13.1. The summed E-state index contributed by atoms with van der Waals surface area (Å²) in [7, 11) is 1.57. The highest BCUT2D eigenvalue weighted by Crippen LogP contribution is 2.32. The van der Waals surface area contributed by atoms with Gasteiger partial charge in [-0.25, -0.2) is 0 Å². The van der Waals surface area contributed by atoms with Crippen LogP contribution in [0.3, 0.4) is 0 Å². The average Bonchev–Trinajstić information content (AvgIpc) is 2.67. The van der Waals surface area contributed by atoms with Crippen molar-refractivity contribution in [3.8, 4) is 0 Å². The number of carbonyl (C=O) groups is 1. The van der Waals surface area contributed by atoms with E-state index in [0.29, 0.717) is 39.2 Å². The smallest absolute Gasteiger partial charge is 0.383 e. The van der Waals surface area contributed by atoms with Crippen molar-refractivity contribution in [2.45, 2.75) is 19.1 Å². The first-order valence-electron chi connectivity index (χ1n) is 7.56. The molecule has 0 N–H and O–H groups in total. The fourth-order valence-electron chi connectivity index (χ4n) is 2.68. The maximum atomic E-state index is 13.1. The summed E-state index contributed by atoms with van der Waals surface area (Å²) in [4.78, 5) is 15.6. The number of hydrogen-bond donors (Lipinski definition) is 0. The van der Waals surface area contributed by atoms with E-state index < -0.39 is 11.7 Å². The number of ether oxygens (including phenoxy) is 1. The van der Waals surface area contributed by atoms with Crippen LogP contribution in [0.2, 0.25) is 0 Å². The summed E-state index contributed by atoms with van der Waals surface area (Å²) < 4.78 is 44.1. The van der Waals surface area contributed by atoms with Crippen molar-refractivity contribution in [1.29, 1.82) is 0 Å². The van der Waals surface area contributed by atoms with E-state index in [4.69, 9.17) is 4.74 Å². The Morgan fingerprint density at radius 3 is 2.61 bits per heavy atom. The summed E-state index contributed by atoms with van der Waals surface area (Å²) in [5.74, 6) is 0.0219. The lowest BCUT2D eigenvalue weighted by Gasteiger charge is -2.23. The second-order valence-electron chi connectivity index (χ2n) is 5.55. The molecule has 1 aliphatic rings. The van der Waals surface area contributed by atoms with Gasteiger partial charge in [-0.1, -0.05) is 18.2 Å². The molecule has 1 fully saturated rings. The molecule has 4 nitrogen and oxygen atoms in total. The van der Waals surface area contributed by atoms with Gasteiger partial charge in [-0.2, -0.15) is 13.2 Å². The van der Waals surface area contributed by atoms with Crippen molar-refractivity contribution in [1.82, 2.24) is 9.80 Å². The van der Waals surface area contributed by atoms with Crippen LogP contribution in [-0.4, -0.2) is 55.6 Å². The van der Waals surface area contributed by atoms with Crippen LogP contribution in [0.5, 0.6) is 0 Å². The Labute approximate surface area is 133 Å². The van der Waals surface area contributed by atoms with Crippen LogP contribution in [0.1, 0.15) is 17.5 Å². The summed E-state index contributed by atoms with van der Waals surface area (Å²) in [6, 6.07) is 5.60. The first kappa shape index (κ1) is 17.7. The zero-order valence-corrected chi connectivity index (χ0v) is 13.1. The normalized spacial score (nSPS) is 17.4. The van der Waals surface area contributed by atoms with Crippen molar-refractivity contribution >= 4 is 5.91 Å². The van der Waals surface area contributed by atoms with E-state index in [0.717, 1.165) is 6.07 Å². The molecule has 1 saturated heterocycles. The van der Waals surface area contributed by atoms with E-state index in [1.54, 1.807) is 18.1 Å². The average molecular weight is 330 g/mol. The minimum absolute atomic E-state index is 0.0219. The van der Waals surface area contributed by atoms with Gasteiger partial charge in [0, 0.05) is 46.3 Å². The molecule has 0 aliphatic carbocycles. The van der Waals surface area contributed by atoms with Crippen molar-refractivity contribution in [2.75, 3.05) is 39.9 Å². The molecule has 0 radical (unpaired) electrons. The summed E-state index contributed by atoms with van der Waals surface area (Å²) in [6.07, 6.45) is -4.04. The van der Waals surface area contributed by atoms with Gasteiger partial charge < -0.3 is 9.64 Å². The van der Waals surface area contributed by atoms with E-state index in [1.807, 2.05) is 4.90 Å². The molecule has 0 bridgehead atoms. The topological polar surface area (TPSA) is 32.8 Å². The number of benzene rings is 1. The Balaban J connectivity index is 2.03. The molecule has 1 amide bonds. The van der Waals surface area contributed by atoms with Crippen LogP contribution in [-0.2, 0) is 22.3 Å². The third-order valence-electron chi connectivity index (χ3n) is 3.96. The van der Waals surface area contributed by atoms with Crippen molar-refractivity contribution < 1.29 is 22.7 Å². The summed E-state index contributed by atoms with van der Waals surface area (Å²) in [5.41, 5.74) is -0.357. The molecule has 7 heteroatoms. The largest absolute Gasteiger partial charge is 0.416 e. The summed E-state index contributed by atoms with van der Waals surface area (Å²) in [6.45, 7) is 2.71. The Morgan fingerprint density at radius 2 is 1.91 bits per heavy atom. The molecule has 0 aromatic heterocycles. The molecule has 1 aromatic rings. The van der Waals surface area contributed by atoms with Crippen molar-refractivity contribution in [3.63, 3.8) is 0 Å². The zero-order chi connectivity index (χ0) is 16.9. The molecule has 1 aliphatic heterocycles. The second kappa shape index (κ2) is 7.79. The number of methoxy groups -OCH3 is 1. The lowest BCUT2D eigenvalue weighted by Crippen LogP contribution is -2.35. The van der Waals surface area contributed by atoms with Gasteiger partial charge >= 0.3 is 6.18 Å². The number of amides is 1. The van der Waals surface area contributed by atoms with E-state index in [2.05, 4.69) is 0 Å². The minimum Gasteiger partial charge on any atom is -0.383 e. The van der Waals surface area contributed by atoms with Crippen LogP contribution in [0.15, 0.2) is 24.3 Å². The molecule has 1 heterocycles. The number of rotatable bonds is 5. The Kier molecular flexibility index (Phi) is 6.01. The lowest BCUT2D eigenvalue weighted by molar-refractivity contribution is -0.138. The monoisotopic (exact) mass is 330 g/mol. The number of alkyl halides is 3. The molecule has 0 atom stereocenters. The number of carbonyl (C=O) groups excluding carboxylic acids is 1. The quantitative estimate of drug-likeness (QED) is 0.831. The van der Waals surface area contributed by atoms with Crippen LogP contribution in [0.4, 0.5) is 13.2 Å². The highest BCUT2D eigenvalue weighted by molar-refractivity contribution is 5.76. The highest BCUT2D eigenvalue weighted by Gasteiger charge is 2.33. The van der Waals surface area contributed by atoms with Gasteiger partial charge in [0.2, 0.25) is 5.91 Å². The lowest BCUT2D eigenvalue weighted by atomic mass is 10.1. The van der Waals surface area contributed by atoms with Gasteiger partial charge in [-0.3, -0.25) is 9.69 Å². The summed E-state index contributed by atoms with van der Waals surface area (Å²) >= 11 is 0. The van der Waals surface area contributed by atoms with Gasteiger partial charge in [-0.05, 0) is 11.6 Å². The van der Waals surface area contributed by atoms with E-state index in [9.17, 15) is 18.0 Å². The van der Waals surface area contributed by atoms with Crippen LogP contribution in [0, 0.1) is 0 Å². The first-order valence-corrected chi connectivity index (χ1v) is 7.56. The molecular weight excluding hydrogens is 309 g/mol. The number of nitrogens with zero attached hydrogens (tertiary/aromatic N) is 2. The highest BCUT2D eigenvalue weighted by atomic mass is 19.4. The van der Waals surface area contributed by atoms with Gasteiger partial charge in [0.15, 0.2) is 0 Å². The molecule has 0 spiro atoms. The standard InChI is InChI=1S/C16H21F3N2O2/c1-23-11-10-21-9-8-20(7-6-15(21)22)12-13-4-2-3-5-14(13)16(17,18)19/h2-5H,6-12H2,1H3. The first-order chi connectivity index (χ1) is 10.9. The van der Waals surface area contributed by atoms with Gasteiger partial charge in [0.25, 0.3) is 0 Å². The fraction of sp³-hybridized carbons (Fsp3) is 0.562. The SMILES string of the molecule is COCCN1CCN(Cc2ccccc2C(F)(F)F)CCC1=O. The van der Waals surface area contributed by atoms with E-state index >= 15 is 0 Å². The summed E-state index contributed by atoms with van der Waals surface area (Å²) in [5, 5.41) is 0. The molecule has 2 rings (SSSR count). The fourth-order valence-corrected chi connectivity index (χ4v) is 2.68. The van der Waals surface area contributed by atoms with Crippen LogP contribution >= 0.6 is 0 Å². The Bertz CT molecular complexity index is 534. The predicted octanol–water partition coefficient (Wildman–Crippen LogP) is 2.39. The molecule has 0 unspecified atom stereocenters. The molecule has 128 valence electrons. The Morgan fingerprint density at radius 1 is 1.17 bits per heavy atom. The molecule has 0 saturated carbocycles. The van der Waals surface area contributed by atoms with Gasteiger partial charge in [0.1, 0.15) is 0 Å². The van der Waals surface area contributed by atoms with Gasteiger partial charge in [-0.15, -0.1) is 0 Å². The van der Waals surface area contributed by atoms with Gasteiger partial charge in [0.05, 0.1) is 12.2 Å². The molecular formula is C16H21F3N2O2. The van der Waals surface area contributed by atoms with E-state index in [1.165, 1.54) is 12.1 Å². The molecule has 23 heavy (non-hydrogen) atoms. The maximum Gasteiger partial charge on any atom is 0.416 e. The minimum atomic E-state index is -4.36. The third kappa shape index (κ3) is 4.94. The number of hydrogen-bond acceptors (Lipinski definition) is 3. The Hall–Kier alpha value is -1.60. The van der Waals surface area contributed by atoms with Crippen molar-refractivity contribution in [3.05, 3.63) is 35.4 Å². The van der Waals surface area contributed by atoms with Crippen molar-refractivity contribution in [2.24, 2.45) is 0 Å². The number of halogens is 3. The second-order valence-corrected chi connectivity index (χ2v) is 5.55. The maximum absolute atomic E-state index is 13.1. The van der Waals surface area contributed by atoms with Crippen LogP contribution < -0.4 is 0 Å². The molecule has 1 aromatic carbocycles. The van der Waals surface area contributed by atoms with Crippen LogP contribution in [0.25, 0.3) is 0 Å².